The topological polar surface area (TPSA) is 17.3 Å². The average Bonchev–Trinajstić information content (AvgIpc) is 3.28. The zero-order valence-electron chi connectivity index (χ0n) is 25.9. The molecule has 41 heavy (non-hydrogen) atoms. The molecule has 206 valence electrons. The standard InChI is InChI=1S/C39H40N2/c1-20(2)27-18-29(21(3)4)34(30(19-27)22(5)6)31-17-26-13-14-40-36-32-16-23(7)15-25(9)38(32)41-37-24(8)11-10-12-28(37)35(31)39(41)33(26)36/h10-22H,1-9H3. The summed E-state index contributed by atoms with van der Waals surface area (Å²) in [4.78, 5) is 5.05. The van der Waals surface area contributed by atoms with Gasteiger partial charge in [0.05, 0.1) is 22.1 Å². The summed E-state index contributed by atoms with van der Waals surface area (Å²) in [5.41, 5.74) is 16.0. The maximum Gasteiger partial charge on any atom is 0.0822 e. The van der Waals surface area contributed by atoms with Gasteiger partial charge in [-0.15, -0.1) is 0 Å². The van der Waals surface area contributed by atoms with Crippen molar-refractivity contribution >= 4 is 49.0 Å². The lowest BCUT2D eigenvalue weighted by Crippen LogP contribution is -2.04. The van der Waals surface area contributed by atoms with Crippen molar-refractivity contribution in [1.82, 2.24) is 9.38 Å². The van der Waals surface area contributed by atoms with Crippen molar-refractivity contribution in [3.63, 3.8) is 0 Å². The molecule has 7 aromatic rings. The lowest BCUT2D eigenvalue weighted by Gasteiger charge is -2.24. The van der Waals surface area contributed by atoms with Crippen molar-refractivity contribution in [3.8, 4) is 11.1 Å². The van der Waals surface area contributed by atoms with E-state index < -0.39 is 0 Å². The molecule has 0 fully saturated rings. The van der Waals surface area contributed by atoms with Crippen molar-refractivity contribution in [3.05, 3.63) is 94.2 Å². The summed E-state index contributed by atoms with van der Waals surface area (Å²) < 4.78 is 2.58. The minimum Gasteiger partial charge on any atom is -0.307 e. The Morgan fingerprint density at radius 1 is 0.634 bits per heavy atom. The first-order valence-corrected chi connectivity index (χ1v) is 15.2. The molecule has 0 aliphatic heterocycles. The Hall–Kier alpha value is -3.91. The molecule has 4 aromatic carbocycles. The van der Waals surface area contributed by atoms with Crippen LogP contribution in [0, 0.1) is 20.8 Å². The first kappa shape index (κ1) is 26.0. The molecule has 2 heteroatoms. The Labute approximate surface area is 243 Å². The number of fused-ring (bicyclic) bond motifs is 6. The van der Waals surface area contributed by atoms with Crippen LogP contribution >= 0.6 is 0 Å². The fourth-order valence-corrected chi connectivity index (χ4v) is 7.42. The predicted molar refractivity (Wildman–Crippen MR) is 178 cm³/mol. The molecule has 0 unspecified atom stereocenters. The number of hydrogen-bond donors (Lipinski definition) is 0. The Kier molecular flexibility index (Phi) is 5.74. The molecule has 0 bridgehead atoms. The maximum atomic E-state index is 5.05. The molecule has 0 atom stereocenters. The highest BCUT2D eigenvalue weighted by Gasteiger charge is 2.27. The molecule has 0 aliphatic rings. The van der Waals surface area contributed by atoms with Crippen molar-refractivity contribution in [2.75, 3.05) is 0 Å². The third-order valence-corrected chi connectivity index (χ3v) is 9.31. The molecule has 0 amide bonds. The van der Waals surface area contributed by atoms with E-state index in [-0.39, 0.29) is 0 Å². The van der Waals surface area contributed by atoms with E-state index in [4.69, 9.17) is 4.98 Å². The van der Waals surface area contributed by atoms with Gasteiger partial charge in [-0.3, -0.25) is 4.98 Å². The molecule has 0 saturated carbocycles. The zero-order valence-corrected chi connectivity index (χ0v) is 25.9. The highest BCUT2D eigenvalue weighted by molar-refractivity contribution is 6.31. The van der Waals surface area contributed by atoms with Crippen LogP contribution in [0.15, 0.2) is 60.8 Å². The summed E-state index contributed by atoms with van der Waals surface area (Å²) in [6, 6.07) is 21.2. The zero-order chi connectivity index (χ0) is 28.9. The van der Waals surface area contributed by atoms with Crippen LogP contribution in [0.1, 0.15) is 92.7 Å². The summed E-state index contributed by atoms with van der Waals surface area (Å²) >= 11 is 0. The lowest BCUT2D eigenvalue weighted by atomic mass is 9.80. The Bertz CT molecular complexity index is 2120. The van der Waals surface area contributed by atoms with Crippen LogP contribution in [0.4, 0.5) is 0 Å². The fraction of sp³-hybridized carbons (Fsp3) is 0.308. The van der Waals surface area contributed by atoms with Gasteiger partial charge in [0.25, 0.3) is 0 Å². The monoisotopic (exact) mass is 536 g/mol. The molecule has 2 nitrogen and oxygen atoms in total. The second kappa shape index (κ2) is 9.05. The fourth-order valence-electron chi connectivity index (χ4n) is 7.42. The molecule has 0 aliphatic carbocycles. The highest BCUT2D eigenvalue weighted by atomic mass is 14.9. The first-order chi connectivity index (χ1) is 19.6. The van der Waals surface area contributed by atoms with Gasteiger partial charge in [-0.2, -0.15) is 0 Å². The first-order valence-electron chi connectivity index (χ1n) is 15.2. The lowest BCUT2D eigenvalue weighted by molar-refractivity contribution is 0.808. The number of pyridine rings is 2. The predicted octanol–water partition coefficient (Wildman–Crippen LogP) is 11.3. The number of aryl methyl sites for hydroxylation is 3. The van der Waals surface area contributed by atoms with Crippen LogP contribution in [0.2, 0.25) is 0 Å². The van der Waals surface area contributed by atoms with E-state index in [0.29, 0.717) is 17.8 Å². The minimum atomic E-state index is 0.411. The van der Waals surface area contributed by atoms with Gasteiger partial charge in [-0.1, -0.05) is 83.5 Å². The third-order valence-electron chi connectivity index (χ3n) is 9.31. The maximum absolute atomic E-state index is 5.05. The SMILES string of the molecule is Cc1cc(C)c2c(c1)c1nccc3cc(-c4c(C(C)C)cc(C(C)C)cc4C(C)C)c4c5cccc(C)c5n2c4c31. The largest absolute Gasteiger partial charge is 0.307 e. The van der Waals surface area contributed by atoms with E-state index in [1.54, 1.807) is 0 Å². The third kappa shape index (κ3) is 3.59. The molecule has 0 N–H and O–H groups in total. The molecule has 3 aromatic heterocycles. The van der Waals surface area contributed by atoms with Crippen molar-refractivity contribution in [2.45, 2.75) is 80.1 Å². The van der Waals surface area contributed by atoms with Crippen LogP contribution in [0.5, 0.6) is 0 Å². The van der Waals surface area contributed by atoms with E-state index in [0.717, 1.165) is 5.52 Å². The van der Waals surface area contributed by atoms with Crippen LogP contribution in [0.3, 0.4) is 0 Å². The van der Waals surface area contributed by atoms with Crippen molar-refractivity contribution < 1.29 is 0 Å². The molecular weight excluding hydrogens is 496 g/mol. The normalized spacial score (nSPS) is 12.7. The molecular formula is C39H40N2. The van der Waals surface area contributed by atoms with Gasteiger partial charge in [-0.05, 0) is 101 Å². The molecule has 0 saturated heterocycles. The highest BCUT2D eigenvalue weighted by Crippen LogP contribution is 2.49. The van der Waals surface area contributed by atoms with Crippen LogP contribution < -0.4 is 0 Å². The van der Waals surface area contributed by atoms with E-state index in [2.05, 4.69) is 121 Å². The second-order valence-corrected chi connectivity index (χ2v) is 13.2. The van der Waals surface area contributed by atoms with Gasteiger partial charge in [0.15, 0.2) is 0 Å². The number of hydrogen-bond acceptors (Lipinski definition) is 1. The van der Waals surface area contributed by atoms with E-state index >= 15 is 0 Å². The van der Waals surface area contributed by atoms with E-state index in [9.17, 15) is 0 Å². The van der Waals surface area contributed by atoms with E-state index in [1.165, 1.54) is 88.0 Å². The summed E-state index contributed by atoms with van der Waals surface area (Å²) in [7, 11) is 0. The Morgan fingerprint density at radius 3 is 1.98 bits per heavy atom. The molecule has 0 spiro atoms. The van der Waals surface area contributed by atoms with Gasteiger partial charge in [0.1, 0.15) is 0 Å². The Balaban J connectivity index is 1.82. The molecule has 3 heterocycles. The van der Waals surface area contributed by atoms with Crippen molar-refractivity contribution in [2.24, 2.45) is 0 Å². The minimum absolute atomic E-state index is 0.411. The smallest absolute Gasteiger partial charge is 0.0822 e. The van der Waals surface area contributed by atoms with Gasteiger partial charge in [0, 0.05) is 27.7 Å². The number of aromatic nitrogens is 2. The summed E-state index contributed by atoms with van der Waals surface area (Å²) in [5, 5.41) is 6.47. The van der Waals surface area contributed by atoms with Crippen LogP contribution in [-0.4, -0.2) is 9.38 Å². The summed E-state index contributed by atoms with van der Waals surface area (Å²) in [6.07, 6.45) is 2.01. The van der Waals surface area contributed by atoms with Gasteiger partial charge >= 0.3 is 0 Å². The van der Waals surface area contributed by atoms with Crippen molar-refractivity contribution in [1.29, 1.82) is 0 Å². The Morgan fingerprint density at radius 2 is 1.32 bits per heavy atom. The van der Waals surface area contributed by atoms with Crippen LogP contribution in [-0.2, 0) is 0 Å². The number of rotatable bonds is 4. The van der Waals surface area contributed by atoms with Gasteiger partial charge in [0.2, 0.25) is 0 Å². The summed E-state index contributed by atoms with van der Waals surface area (Å²) in [6.45, 7) is 20.8. The molecule has 0 radical (unpaired) electrons. The quantitative estimate of drug-likeness (QED) is 0.161. The van der Waals surface area contributed by atoms with Crippen LogP contribution in [0.25, 0.3) is 60.1 Å². The molecule has 7 rings (SSSR count). The van der Waals surface area contributed by atoms with Gasteiger partial charge < -0.3 is 4.40 Å². The summed E-state index contributed by atoms with van der Waals surface area (Å²) in [5.74, 6) is 1.31. The number of nitrogens with zero attached hydrogens (tertiary/aromatic N) is 2. The number of benzene rings is 4. The van der Waals surface area contributed by atoms with Gasteiger partial charge in [-0.25, -0.2) is 0 Å². The second-order valence-electron chi connectivity index (χ2n) is 13.2. The van der Waals surface area contributed by atoms with E-state index in [1.807, 2.05) is 6.20 Å². The average molecular weight is 537 g/mol. The number of para-hydroxylation sites is 1.